The van der Waals surface area contributed by atoms with Gasteiger partial charge in [0.15, 0.2) is 0 Å². The molecule has 0 saturated carbocycles. The number of nitrogens with one attached hydrogen (secondary N) is 2. The Labute approximate surface area is 193 Å². The van der Waals surface area contributed by atoms with Crippen molar-refractivity contribution in [3.05, 3.63) is 81.8 Å². The van der Waals surface area contributed by atoms with Gasteiger partial charge in [-0.2, -0.15) is 0 Å². The van der Waals surface area contributed by atoms with E-state index in [2.05, 4.69) is 10.0 Å². The highest BCUT2D eigenvalue weighted by molar-refractivity contribution is 7.92. The van der Waals surface area contributed by atoms with E-state index in [1.54, 1.807) is 0 Å². The van der Waals surface area contributed by atoms with Gasteiger partial charge in [0.2, 0.25) is 0 Å². The maximum absolute atomic E-state index is 12.6. The van der Waals surface area contributed by atoms with E-state index in [4.69, 9.17) is 27.9 Å². The van der Waals surface area contributed by atoms with Crippen molar-refractivity contribution in [1.29, 1.82) is 0 Å². The van der Waals surface area contributed by atoms with Gasteiger partial charge in [-0.05, 0) is 60.7 Å². The van der Waals surface area contributed by atoms with Crippen LogP contribution in [0.2, 0.25) is 10.0 Å². The molecule has 0 atom stereocenters. The van der Waals surface area contributed by atoms with Crippen LogP contribution in [-0.4, -0.2) is 32.5 Å². The second-order valence-electron chi connectivity index (χ2n) is 6.43. The van der Waals surface area contributed by atoms with Crippen molar-refractivity contribution >= 4 is 56.5 Å². The molecule has 0 aromatic heterocycles. The van der Waals surface area contributed by atoms with Gasteiger partial charge in [-0.1, -0.05) is 23.2 Å². The summed E-state index contributed by atoms with van der Waals surface area (Å²) >= 11 is 11.8. The number of methoxy groups -OCH3 is 1. The fourth-order valence-corrected chi connectivity index (χ4v) is 4.21. The lowest BCUT2D eigenvalue weighted by Crippen LogP contribution is -2.16. The highest BCUT2D eigenvalue weighted by Crippen LogP contribution is 2.28. The lowest BCUT2D eigenvalue weighted by molar-refractivity contribution is 0.0698. The zero-order chi connectivity index (χ0) is 23.5. The standard InChI is InChI=1S/C21H16Cl2N2O6S/c1-31-19-9-5-14(11-17(19)23)25-32(29,30)15-6-2-12(3-7-15)20(26)24-18-8-4-13(22)10-16(18)21(27)28/h2-11,25H,1H3,(H,24,26)(H,27,28). The van der Waals surface area contributed by atoms with E-state index in [1.165, 1.54) is 67.8 Å². The molecule has 3 aromatic rings. The van der Waals surface area contributed by atoms with E-state index in [-0.39, 0.29) is 37.4 Å². The number of carboxylic acids is 1. The second kappa shape index (κ2) is 9.47. The van der Waals surface area contributed by atoms with Crippen LogP contribution in [0.5, 0.6) is 5.75 Å². The van der Waals surface area contributed by atoms with E-state index >= 15 is 0 Å². The van der Waals surface area contributed by atoms with Gasteiger partial charge < -0.3 is 15.2 Å². The van der Waals surface area contributed by atoms with Gasteiger partial charge in [0.25, 0.3) is 15.9 Å². The zero-order valence-electron chi connectivity index (χ0n) is 16.4. The van der Waals surface area contributed by atoms with E-state index in [1.807, 2.05) is 0 Å². The fraction of sp³-hybridized carbons (Fsp3) is 0.0476. The SMILES string of the molecule is COc1ccc(NS(=O)(=O)c2ccc(C(=O)Nc3ccc(Cl)cc3C(=O)O)cc2)cc1Cl. The molecule has 32 heavy (non-hydrogen) atoms. The van der Waals surface area contributed by atoms with Crippen LogP contribution >= 0.6 is 23.2 Å². The van der Waals surface area contributed by atoms with Crippen LogP contribution in [0.1, 0.15) is 20.7 Å². The minimum absolute atomic E-state index is 0.0571. The summed E-state index contributed by atoms with van der Waals surface area (Å²) in [5.41, 5.74) is 0.248. The fourth-order valence-electron chi connectivity index (χ4n) is 2.73. The number of aromatic carboxylic acids is 1. The summed E-state index contributed by atoms with van der Waals surface area (Å²) in [5.74, 6) is -1.47. The molecule has 0 saturated heterocycles. The van der Waals surface area contributed by atoms with E-state index in [0.717, 1.165) is 0 Å². The van der Waals surface area contributed by atoms with Gasteiger partial charge >= 0.3 is 5.97 Å². The Morgan fingerprint density at radius 1 is 0.969 bits per heavy atom. The maximum Gasteiger partial charge on any atom is 0.337 e. The smallest absolute Gasteiger partial charge is 0.337 e. The number of benzene rings is 3. The number of halogens is 2. The van der Waals surface area contributed by atoms with Gasteiger partial charge in [-0.25, -0.2) is 13.2 Å². The number of hydrogen-bond donors (Lipinski definition) is 3. The number of carbonyl (C=O) groups is 2. The van der Waals surface area contributed by atoms with Gasteiger partial charge in [-0.15, -0.1) is 0 Å². The van der Waals surface area contributed by atoms with Crippen molar-refractivity contribution < 1.29 is 27.9 Å². The number of hydrogen-bond acceptors (Lipinski definition) is 5. The molecule has 0 unspecified atom stereocenters. The Bertz CT molecular complexity index is 1290. The number of carbonyl (C=O) groups excluding carboxylic acids is 1. The quantitative estimate of drug-likeness (QED) is 0.435. The summed E-state index contributed by atoms with van der Waals surface area (Å²) in [6.07, 6.45) is 0. The van der Waals surface area contributed by atoms with Gasteiger partial charge in [0.05, 0.1) is 34.0 Å². The second-order valence-corrected chi connectivity index (χ2v) is 8.95. The minimum atomic E-state index is -3.95. The Balaban J connectivity index is 1.77. The van der Waals surface area contributed by atoms with Crippen molar-refractivity contribution in [2.24, 2.45) is 0 Å². The van der Waals surface area contributed by atoms with Gasteiger partial charge in [-0.3, -0.25) is 9.52 Å². The van der Waals surface area contributed by atoms with Crippen molar-refractivity contribution in [3.63, 3.8) is 0 Å². The topological polar surface area (TPSA) is 122 Å². The van der Waals surface area contributed by atoms with Crippen molar-refractivity contribution in [3.8, 4) is 5.75 Å². The predicted molar refractivity (Wildman–Crippen MR) is 122 cm³/mol. The molecule has 1 amide bonds. The first-order valence-corrected chi connectivity index (χ1v) is 11.2. The molecule has 3 N–H and O–H groups in total. The van der Waals surface area contributed by atoms with E-state index < -0.39 is 21.9 Å². The lowest BCUT2D eigenvalue weighted by atomic mass is 10.1. The molecule has 0 aliphatic rings. The summed E-state index contributed by atoms with van der Waals surface area (Å²) in [5, 5.41) is 12.2. The largest absolute Gasteiger partial charge is 0.495 e. The number of rotatable bonds is 7. The lowest BCUT2D eigenvalue weighted by Gasteiger charge is -2.11. The normalized spacial score (nSPS) is 11.0. The Kier molecular flexibility index (Phi) is 6.93. The van der Waals surface area contributed by atoms with Gasteiger partial charge in [0.1, 0.15) is 5.75 Å². The molecular weight excluding hydrogens is 479 g/mol. The predicted octanol–water partition coefficient (Wildman–Crippen LogP) is 4.75. The highest BCUT2D eigenvalue weighted by Gasteiger charge is 2.18. The number of sulfonamides is 1. The molecule has 0 heterocycles. The average Bonchev–Trinajstić information content (AvgIpc) is 2.74. The van der Waals surface area contributed by atoms with E-state index in [9.17, 15) is 23.1 Å². The number of amides is 1. The third-order valence-corrected chi connectivity index (χ3v) is 6.22. The van der Waals surface area contributed by atoms with Crippen LogP contribution in [0.25, 0.3) is 0 Å². The molecule has 0 spiro atoms. The number of anilines is 2. The molecular formula is C21H16Cl2N2O6S. The van der Waals surface area contributed by atoms with Crippen molar-refractivity contribution in [1.82, 2.24) is 0 Å². The summed E-state index contributed by atoms with van der Waals surface area (Å²) in [4.78, 5) is 23.8. The first-order chi connectivity index (χ1) is 15.1. The molecule has 8 nitrogen and oxygen atoms in total. The maximum atomic E-state index is 12.6. The van der Waals surface area contributed by atoms with E-state index in [0.29, 0.717) is 5.75 Å². The molecule has 3 rings (SSSR count). The molecule has 11 heteroatoms. The number of ether oxygens (including phenoxy) is 1. The van der Waals surface area contributed by atoms with Crippen LogP contribution in [0.4, 0.5) is 11.4 Å². The molecule has 3 aromatic carbocycles. The first-order valence-electron chi connectivity index (χ1n) is 8.91. The molecule has 166 valence electrons. The third kappa shape index (κ3) is 5.31. The summed E-state index contributed by atoms with van der Waals surface area (Å²) < 4.78 is 32.7. The van der Waals surface area contributed by atoms with Gasteiger partial charge in [0, 0.05) is 10.6 Å². The highest BCUT2D eigenvalue weighted by atomic mass is 35.5. The van der Waals surface area contributed by atoms with Crippen LogP contribution in [-0.2, 0) is 10.0 Å². The Morgan fingerprint density at radius 3 is 2.25 bits per heavy atom. The zero-order valence-corrected chi connectivity index (χ0v) is 18.8. The number of carboxylic acid groups (broad SMARTS) is 1. The Morgan fingerprint density at radius 2 is 1.66 bits per heavy atom. The molecule has 0 fully saturated rings. The minimum Gasteiger partial charge on any atom is -0.495 e. The third-order valence-electron chi connectivity index (χ3n) is 4.29. The first kappa shape index (κ1) is 23.4. The van der Waals surface area contributed by atoms with Crippen LogP contribution in [0, 0.1) is 0 Å². The molecule has 0 aliphatic heterocycles. The molecule has 0 aliphatic carbocycles. The summed E-state index contributed by atoms with van der Waals surface area (Å²) in [7, 11) is -2.50. The summed E-state index contributed by atoms with van der Waals surface area (Å²) in [6.45, 7) is 0. The van der Waals surface area contributed by atoms with Crippen LogP contribution in [0.3, 0.4) is 0 Å². The van der Waals surface area contributed by atoms with Crippen LogP contribution in [0.15, 0.2) is 65.6 Å². The average molecular weight is 495 g/mol. The molecule has 0 bridgehead atoms. The van der Waals surface area contributed by atoms with Crippen molar-refractivity contribution in [2.75, 3.05) is 17.1 Å². The Hall–Kier alpha value is -3.27. The van der Waals surface area contributed by atoms with Crippen molar-refractivity contribution in [2.45, 2.75) is 4.90 Å². The monoisotopic (exact) mass is 494 g/mol. The van der Waals surface area contributed by atoms with Crippen LogP contribution < -0.4 is 14.8 Å². The summed E-state index contributed by atoms with van der Waals surface area (Å²) in [6, 6.07) is 13.6. The molecule has 0 radical (unpaired) electrons.